The number of benzene rings is 1. The van der Waals surface area contributed by atoms with Gasteiger partial charge in [0.15, 0.2) is 5.60 Å². The predicted molar refractivity (Wildman–Crippen MR) is 102 cm³/mol. The number of carbonyl (C=O) groups excluding carboxylic acids is 1. The fraction of sp³-hybridized carbons (Fsp3) is 0.600. The van der Waals surface area contributed by atoms with Gasteiger partial charge in [0.1, 0.15) is 0 Å². The maximum Gasteiger partial charge on any atom is 0.343 e. The van der Waals surface area contributed by atoms with Gasteiger partial charge in [-0.1, -0.05) is 23.7 Å². The molecule has 1 saturated heterocycles. The molecule has 1 heterocycles. The van der Waals surface area contributed by atoms with Gasteiger partial charge in [0.2, 0.25) is 5.92 Å². The van der Waals surface area contributed by atoms with Crippen LogP contribution in [0.15, 0.2) is 24.3 Å². The van der Waals surface area contributed by atoms with Crippen LogP contribution in [-0.4, -0.2) is 47.9 Å². The summed E-state index contributed by atoms with van der Waals surface area (Å²) in [5, 5.41) is 19.0. The van der Waals surface area contributed by atoms with Gasteiger partial charge in [0.25, 0.3) is 0 Å². The van der Waals surface area contributed by atoms with Crippen molar-refractivity contribution >= 4 is 23.9 Å². The summed E-state index contributed by atoms with van der Waals surface area (Å²) in [6.45, 7) is 1.55. The monoisotopic (exact) mass is 414 g/mol. The first-order valence-electron chi connectivity index (χ1n) is 9.53. The van der Waals surface area contributed by atoms with Crippen LogP contribution in [0, 0.1) is 17.2 Å². The van der Waals surface area contributed by atoms with E-state index in [0.717, 1.165) is 12.8 Å². The van der Waals surface area contributed by atoms with Gasteiger partial charge >= 0.3 is 5.97 Å². The molecule has 1 aliphatic heterocycles. The molecular formula is C20H25ClF2N2O3. The van der Waals surface area contributed by atoms with Crippen LogP contribution in [0.1, 0.15) is 37.7 Å². The highest BCUT2D eigenvalue weighted by Gasteiger charge is 2.54. The van der Waals surface area contributed by atoms with Crippen molar-refractivity contribution in [2.24, 2.45) is 11.8 Å². The third-order valence-corrected chi connectivity index (χ3v) is 6.12. The normalized spacial score (nSPS) is 24.6. The fourth-order valence-corrected chi connectivity index (χ4v) is 4.21. The summed E-state index contributed by atoms with van der Waals surface area (Å²) in [5.41, 5.74) is -1.90. The Kier molecular flexibility index (Phi) is 6.25. The summed E-state index contributed by atoms with van der Waals surface area (Å²) in [5.74, 6) is -4.58. The minimum absolute atomic E-state index is 0.0406. The number of nitrogens with zero attached hydrogens (tertiary/aromatic N) is 1. The van der Waals surface area contributed by atoms with E-state index in [1.54, 1.807) is 0 Å². The molecular weight excluding hydrogens is 390 g/mol. The molecule has 2 N–H and O–H groups in total. The fourth-order valence-electron chi connectivity index (χ4n) is 4.08. The summed E-state index contributed by atoms with van der Waals surface area (Å²) in [4.78, 5) is 14.8. The second-order valence-corrected chi connectivity index (χ2v) is 8.21. The maximum atomic E-state index is 13.8. The number of carbonyl (C=O) groups is 1. The highest BCUT2D eigenvalue weighted by atomic mass is 35.5. The number of likely N-dealkylation sites (tertiary alicyclic amines) is 1. The largest absolute Gasteiger partial charge is 0.463 e. The van der Waals surface area contributed by atoms with E-state index in [0.29, 0.717) is 18.1 Å². The molecule has 8 heteroatoms. The van der Waals surface area contributed by atoms with E-state index in [2.05, 4.69) is 0 Å². The standard InChI is InChI=1S/C20H25ClF2N2O3/c21-17-3-1-15(2-4-17)20(27,16-5-8-19(22,23)11-16)18(26)28-12-14-6-9-25(13-24)10-7-14/h1-4,13-14,16,24,27H,5-12H2/t16-,20+/m1/s1. The van der Waals surface area contributed by atoms with Crippen LogP contribution in [-0.2, 0) is 15.1 Å². The topological polar surface area (TPSA) is 73.6 Å². The molecule has 0 bridgehead atoms. The lowest BCUT2D eigenvalue weighted by atomic mass is 9.80. The molecule has 28 heavy (non-hydrogen) atoms. The summed E-state index contributed by atoms with van der Waals surface area (Å²) >= 11 is 5.90. The highest BCUT2D eigenvalue weighted by molar-refractivity contribution is 6.30. The lowest BCUT2D eigenvalue weighted by Gasteiger charge is -2.34. The second kappa shape index (κ2) is 8.33. The van der Waals surface area contributed by atoms with Crippen LogP contribution in [0.5, 0.6) is 0 Å². The molecule has 0 spiro atoms. The quantitative estimate of drug-likeness (QED) is 0.421. The molecule has 2 aliphatic rings. The molecule has 1 aromatic carbocycles. The van der Waals surface area contributed by atoms with Gasteiger partial charge in [-0.2, -0.15) is 0 Å². The Balaban J connectivity index is 1.74. The smallest absolute Gasteiger partial charge is 0.343 e. The third-order valence-electron chi connectivity index (χ3n) is 5.87. The van der Waals surface area contributed by atoms with Crippen molar-refractivity contribution in [1.29, 1.82) is 5.41 Å². The number of hydrogen-bond donors (Lipinski definition) is 2. The molecule has 154 valence electrons. The molecule has 0 amide bonds. The highest BCUT2D eigenvalue weighted by Crippen LogP contribution is 2.48. The van der Waals surface area contributed by atoms with Crippen LogP contribution in [0.25, 0.3) is 0 Å². The second-order valence-electron chi connectivity index (χ2n) is 7.78. The summed E-state index contributed by atoms with van der Waals surface area (Å²) in [7, 11) is 0. The predicted octanol–water partition coefficient (Wildman–Crippen LogP) is 3.83. The van der Waals surface area contributed by atoms with Crippen molar-refractivity contribution in [2.45, 2.75) is 43.6 Å². The van der Waals surface area contributed by atoms with Crippen LogP contribution >= 0.6 is 11.6 Å². The Morgan fingerprint density at radius 1 is 1.32 bits per heavy atom. The first-order chi connectivity index (χ1) is 13.2. The van der Waals surface area contributed by atoms with E-state index >= 15 is 0 Å². The molecule has 1 saturated carbocycles. The third kappa shape index (κ3) is 4.46. The van der Waals surface area contributed by atoms with E-state index in [1.165, 1.54) is 30.6 Å². The Labute approximate surface area is 168 Å². The number of halogens is 3. The maximum absolute atomic E-state index is 13.8. The molecule has 0 radical (unpaired) electrons. The summed E-state index contributed by atoms with van der Waals surface area (Å²) < 4.78 is 33.1. The van der Waals surface area contributed by atoms with Gasteiger partial charge in [0, 0.05) is 36.9 Å². The van der Waals surface area contributed by atoms with Gasteiger partial charge in [-0.15, -0.1) is 0 Å². The Hall–Kier alpha value is -1.73. The minimum atomic E-state index is -2.90. The lowest BCUT2D eigenvalue weighted by molar-refractivity contribution is -0.176. The van der Waals surface area contributed by atoms with E-state index in [9.17, 15) is 18.7 Å². The van der Waals surface area contributed by atoms with E-state index < -0.39 is 29.8 Å². The van der Waals surface area contributed by atoms with Crippen molar-refractivity contribution in [2.75, 3.05) is 19.7 Å². The van der Waals surface area contributed by atoms with Gasteiger partial charge in [0.05, 0.1) is 12.9 Å². The average Bonchev–Trinajstić information content (AvgIpc) is 3.06. The van der Waals surface area contributed by atoms with E-state index in [1.807, 2.05) is 4.90 Å². The zero-order valence-electron chi connectivity index (χ0n) is 15.5. The minimum Gasteiger partial charge on any atom is -0.463 e. The number of esters is 1. The lowest BCUT2D eigenvalue weighted by Crippen LogP contribution is -2.45. The van der Waals surface area contributed by atoms with Crippen molar-refractivity contribution in [3.63, 3.8) is 0 Å². The first-order valence-corrected chi connectivity index (χ1v) is 9.90. The van der Waals surface area contributed by atoms with Gasteiger partial charge in [-0.3, -0.25) is 5.41 Å². The molecule has 5 nitrogen and oxygen atoms in total. The molecule has 1 aliphatic carbocycles. The average molecular weight is 415 g/mol. The van der Waals surface area contributed by atoms with Crippen LogP contribution in [0.3, 0.4) is 0 Å². The van der Waals surface area contributed by atoms with Gasteiger partial charge in [-0.25, -0.2) is 13.6 Å². The van der Waals surface area contributed by atoms with E-state index in [4.69, 9.17) is 21.7 Å². The van der Waals surface area contributed by atoms with Gasteiger partial charge < -0.3 is 14.7 Å². The number of ether oxygens (including phenoxy) is 1. The van der Waals surface area contributed by atoms with Crippen LogP contribution in [0.4, 0.5) is 8.78 Å². The van der Waals surface area contributed by atoms with Crippen molar-refractivity contribution in [1.82, 2.24) is 4.90 Å². The zero-order valence-corrected chi connectivity index (χ0v) is 16.3. The number of aliphatic hydroxyl groups is 1. The first kappa shape index (κ1) is 21.0. The van der Waals surface area contributed by atoms with Crippen molar-refractivity contribution in [3.8, 4) is 0 Å². The van der Waals surface area contributed by atoms with E-state index in [-0.39, 0.29) is 30.9 Å². The number of hydrogen-bond acceptors (Lipinski definition) is 4. The molecule has 2 fully saturated rings. The Morgan fingerprint density at radius 3 is 2.50 bits per heavy atom. The van der Waals surface area contributed by atoms with Crippen LogP contribution < -0.4 is 0 Å². The SMILES string of the molecule is N=CN1CCC(COC(=O)[C@](O)(c2ccc(Cl)cc2)[C@@H]2CCC(F)(F)C2)CC1. The summed E-state index contributed by atoms with van der Waals surface area (Å²) in [6, 6.07) is 6.02. The molecule has 0 unspecified atom stereocenters. The van der Waals surface area contributed by atoms with Crippen molar-refractivity contribution in [3.05, 3.63) is 34.9 Å². The Bertz CT molecular complexity index is 708. The van der Waals surface area contributed by atoms with Crippen LogP contribution in [0.2, 0.25) is 5.02 Å². The molecule has 0 aromatic heterocycles. The number of rotatable bonds is 6. The molecule has 3 rings (SSSR count). The Morgan fingerprint density at radius 2 is 1.96 bits per heavy atom. The number of nitrogens with one attached hydrogen (secondary N) is 1. The summed E-state index contributed by atoms with van der Waals surface area (Å²) in [6.07, 6.45) is 1.95. The zero-order chi connectivity index (χ0) is 20.4. The van der Waals surface area contributed by atoms with Crippen molar-refractivity contribution < 1.29 is 23.4 Å². The molecule has 2 atom stereocenters. The molecule has 1 aromatic rings. The number of piperidine rings is 1. The van der Waals surface area contributed by atoms with Gasteiger partial charge in [-0.05, 0) is 42.9 Å². The number of alkyl halides is 2.